The van der Waals surface area contributed by atoms with Gasteiger partial charge in [0.25, 0.3) is 0 Å². The van der Waals surface area contributed by atoms with Crippen molar-refractivity contribution < 1.29 is 5.11 Å². The fourth-order valence-electron chi connectivity index (χ4n) is 1.97. The highest BCUT2D eigenvalue weighted by atomic mass is 16.3. The molecule has 2 aliphatic rings. The highest BCUT2D eigenvalue weighted by Crippen LogP contribution is 2.34. The van der Waals surface area contributed by atoms with Gasteiger partial charge in [-0.05, 0) is 0 Å². The average molecular weight is 142 g/mol. The van der Waals surface area contributed by atoms with Crippen LogP contribution >= 0.6 is 0 Å². The first-order chi connectivity index (χ1) is 4.87. The molecule has 0 bridgehead atoms. The highest BCUT2D eigenvalue weighted by molar-refractivity contribution is 5.03. The van der Waals surface area contributed by atoms with Gasteiger partial charge in [-0.3, -0.25) is 0 Å². The number of nitrogens with one attached hydrogen (secondary N) is 2. The second kappa shape index (κ2) is 2.19. The van der Waals surface area contributed by atoms with Crippen LogP contribution in [0, 0.1) is 11.3 Å². The summed E-state index contributed by atoms with van der Waals surface area (Å²) >= 11 is 0. The Balaban J connectivity index is 2.05. The minimum absolute atomic E-state index is 0.342. The summed E-state index contributed by atoms with van der Waals surface area (Å²) in [5, 5.41) is 15.6. The molecule has 0 aliphatic carbocycles. The quantitative estimate of drug-likeness (QED) is 0.430. The first-order valence-corrected chi connectivity index (χ1v) is 3.90. The molecular weight excluding hydrogens is 128 g/mol. The molecule has 1 spiro atoms. The van der Waals surface area contributed by atoms with Gasteiger partial charge < -0.3 is 15.7 Å². The van der Waals surface area contributed by atoms with Gasteiger partial charge in [0.2, 0.25) is 0 Å². The van der Waals surface area contributed by atoms with Crippen LogP contribution < -0.4 is 10.6 Å². The fourth-order valence-corrected chi connectivity index (χ4v) is 1.97. The van der Waals surface area contributed by atoms with Crippen molar-refractivity contribution in [3.63, 3.8) is 0 Å². The Kier molecular flexibility index (Phi) is 1.44. The van der Waals surface area contributed by atoms with Crippen molar-refractivity contribution in [3.8, 4) is 0 Å². The standard InChI is InChI=1S/C7H14N2O/c10-2-6-1-8-3-7(6)4-9-5-7/h6,8-10H,1-5H2/t6-/m0/s1. The lowest BCUT2D eigenvalue weighted by molar-refractivity contribution is 0.0800. The Labute approximate surface area is 60.8 Å². The van der Waals surface area contributed by atoms with Crippen LogP contribution in [0.4, 0.5) is 0 Å². The minimum Gasteiger partial charge on any atom is -0.396 e. The fraction of sp³-hybridized carbons (Fsp3) is 1.00. The molecule has 58 valence electrons. The predicted molar refractivity (Wildman–Crippen MR) is 38.7 cm³/mol. The average Bonchev–Trinajstić information content (AvgIpc) is 2.27. The molecule has 10 heavy (non-hydrogen) atoms. The number of aliphatic hydroxyl groups is 1. The molecule has 0 radical (unpaired) electrons. The van der Waals surface area contributed by atoms with Gasteiger partial charge in [0, 0.05) is 44.1 Å². The van der Waals surface area contributed by atoms with Crippen LogP contribution in [0.1, 0.15) is 0 Å². The van der Waals surface area contributed by atoms with Crippen molar-refractivity contribution in [1.29, 1.82) is 0 Å². The molecule has 0 unspecified atom stereocenters. The van der Waals surface area contributed by atoms with Gasteiger partial charge in [0.05, 0.1) is 0 Å². The second-order valence-corrected chi connectivity index (χ2v) is 3.48. The van der Waals surface area contributed by atoms with Crippen LogP contribution in [0.5, 0.6) is 0 Å². The number of hydrogen-bond acceptors (Lipinski definition) is 3. The monoisotopic (exact) mass is 142 g/mol. The number of hydrogen-bond donors (Lipinski definition) is 3. The highest BCUT2D eigenvalue weighted by Gasteiger charge is 2.46. The lowest BCUT2D eigenvalue weighted by atomic mass is 9.73. The van der Waals surface area contributed by atoms with Gasteiger partial charge in [-0.1, -0.05) is 0 Å². The predicted octanol–water partition coefficient (Wildman–Crippen LogP) is -1.21. The molecule has 3 heteroatoms. The Morgan fingerprint density at radius 2 is 2.00 bits per heavy atom. The Hall–Kier alpha value is -0.120. The van der Waals surface area contributed by atoms with Crippen molar-refractivity contribution in [2.45, 2.75) is 0 Å². The molecular formula is C7H14N2O. The van der Waals surface area contributed by atoms with E-state index in [2.05, 4.69) is 10.6 Å². The van der Waals surface area contributed by atoms with E-state index in [-0.39, 0.29) is 0 Å². The smallest absolute Gasteiger partial charge is 0.0478 e. The van der Waals surface area contributed by atoms with E-state index in [1.807, 2.05) is 0 Å². The Bertz CT molecular complexity index is 134. The molecule has 2 fully saturated rings. The van der Waals surface area contributed by atoms with E-state index >= 15 is 0 Å². The normalized spacial score (nSPS) is 36.3. The zero-order valence-electron chi connectivity index (χ0n) is 6.06. The van der Waals surface area contributed by atoms with E-state index in [1.54, 1.807) is 0 Å². The second-order valence-electron chi connectivity index (χ2n) is 3.48. The third kappa shape index (κ3) is 0.713. The first kappa shape index (κ1) is 6.58. The van der Waals surface area contributed by atoms with Crippen molar-refractivity contribution in [2.75, 3.05) is 32.8 Å². The van der Waals surface area contributed by atoms with E-state index in [0.717, 1.165) is 26.2 Å². The van der Waals surface area contributed by atoms with Crippen LogP contribution in [0.3, 0.4) is 0 Å². The summed E-state index contributed by atoms with van der Waals surface area (Å²) in [5.41, 5.74) is 0.411. The van der Waals surface area contributed by atoms with Crippen molar-refractivity contribution in [3.05, 3.63) is 0 Å². The molecule has 0 aromatic carbocycles. The lowest BCUT2D eigenvalue weighted by Crippen LogP contribution is -2.58. The SMILES string of the molecule is OC[C@@H]1CNCC12CNC2. The van der Waals surface area contributed by atoms with Crippen LogP contribution in [0.2, 0.25) is 0 Å². The molecule has 2 rings (SSSR count). The molecule has 2 aliphatic heterocycles. The summed E-state index contributed by atoms with van der Waals surface area (Å²) in [5.74, 6) is 0.494. The van der Waals surface area contributed by atoms with Crippen LogP contribution in [0.25, 0.3) is 0 Å². The van der Waals surface area contributed by atoms with Crippen LogP contribution in [0.15, 0.2) is 0 Å². The molecule has 2 saturated heterocycles. The largest absolute Gasteiger partial charge is 0.396 e. The molecule has 0 aromatic heterocycles. The summed E-state index contributed by atoms with van der Waals surface area (Å²) in [7, 11) is 0. The van der Waals surface area contributed by atoms with E-state index in [9.17, 15) is 0 Å². The topological polar surface area (TPSA) is 44.3 Å². The van der Waals surface area contributed by atoms with Crippen LogP contribution in [-0.4, -0.2) is 37.9 Å². The summed E-state index contributed by atoms with van der Waals surface area (Å²) in [6, 6.07) is 0. The van der Waals surface area contributed by atoms with Gasteiger partial charge in [-0.2, -0.15) is 0 Å². The number of rotatable bonds is 1. The molecule has 0 amide bonds. The van der Waals surface area contributed by atoms with Gasteiger partial charge in [-0.25, -0.2) is 0 Å². The third-order valence-electron chi connectivity index (χ3n) is 2.91. The maximum atomic E-state index is 9.00. The van der Waals surface area contributed by atoms with Crippen molar-refractivity contribution >= 4 is 0 Å². The zero-order valence-corrected chi connectivity index (χ0v) is 6.06. The Morgan fingerprint density at radius 3 is 2.40 bits per heavy atom. The zero-order chi connectivity index (χ0) is 7.03. The van der Waals surface area contributed by atoms with Gasteiger partial charge in [-0.15, -0.1) is 0 Å². The molecule has 2 heterocycles. The van der Waals surface area contributed by atoms with Crippen molar-refractivity contribution in [1.82, 2.24) is 10.6 Å². The third-order valence-corrected chi connectivity index (χ3v) is 2.91. The van der Waals surface area contributed by atoms with E-state index in [4.69, 9.17) is 5.11 Å². The molecule has 0 aromatic rings. The van der Waals surface area contributed by atoms with Gasteiger partial charge >= 0.3 is 0 Å². The summed E-state index contributed by atoms with van der Waals surface area (Å²) in [6.07, 6.45) is 0. The summed E-state index contributed by atoms with van der Waals surface area (Å²) in [6.45, 7) is 4.61. The molecule has 3 nitrogen and oxygen atoms in total. The molecule has 3 N–H and O–H groups in total. The van der Waals surface area contributed by atoms with Crippen molar-refractivity contribution in [2.24, 2.45) is 11.3 Å². The summed E-state index contributed by atoms with van der Waals surface area (Å²) in [4.78, 5) is 0. The van der Waals surface area contributed by atoms with E-state index < -0.39 is 0 Å². The molecule has 1 atom stereocenters. The summed E-state index contributed by atoms with van der Waals surface area (Å²) < 4.78 is 0. The van der Waals surface area contributed by atoms with Crippen LogP contribution in [-0.2, 0) is 0 Å². The van der Waals surface area contributed by atoms with Gasteiger partial charge in [0.15, 0.2) is 0 Å². The van der Waals surface area contributed by atoms with E-state index in [0.29, 0.717) is 17.9 Å². The maximum absolute atomic E-state index is 9.00. The Morgan fingerprint density at radius 1 is 1.30 bits per heavy atom. The number of aliphatic hydroxyl groups excluding tert-OH is 1. The molecule has 0 saturated carbocycles. The van der Waals surface area contributed by atoms with Gasteiger partial charge in [0.1, 0.15) is 0 Å². The van der Waals surface area contributed by atoms with E-state index in [1.165, 1.54) is 0 Å². The maximum Gasteiger partial charge on any atom is 0.0478 e. The lowest BCUT2D eigenvalue weighted by Gasteiger charge is -2.42. The minimum atomic E-state index is 0.342. The first-order valence-electron chi connectivity index (χ1n) is 3.90.